The molecule has 0 aromatic heterocycles. The summed E-state index contributed by atoms with van der Waals surface area (Å²) in [4.78, 5) is 45.0. The van der Waals surface area contributed by atoms with Gasteiger partial charge in [-0.1, -0.05) is 0 Å². The van der Waals surface area contributed by atoms with Gasteiger partial charge in [0.2, 0.25) is 0 Å². The second-order valence-corrected chi connectivity index (χ2v) is 0. The average Bonchev–Trinajstić information content (AvgIpc) is 2.45. The first-order valence-corrected chi connectivity index (χ1v) is 1.93. The average molecular weight is 404 g/mol. The van der Waals surface area contributed by atoms with Gasteiger partial charge >= 0.3 is 42.1 Å². The molecule has 6 nitrogen and oxygen atoms in total. The number of rotatable bonds is 0. The Balaban J connectivity index is -0.00000000408. The zero-order valence-electron chi connectivity index (χ0n) is 8.97. The Morgan fingerprint density at radius 1 is 0.471 bits per heavy atom. The Morgan fingerprint density at radius 3 is 0.471 bits per heavy atom. The summed E-state index contributed by atoms with van der Waals surface area (Å²) in [5.41, 5.74) is 0. The Morgan fingerprint density at radius 2 is 0.471 bits per heavy atom. The van der Waals surface area contributed by atoms with E-state index in [1.54, 1.807) is 6.92 Å². The number of hydrogen-bond acceptors (Lipinski definition) is 6. The monoisotopic (exact) mass is 408 g/mol. The molecule has 92 valence electrons. The Hall–Kier alpha value is -0.603. The maximum atomic E-state index is 7.50. The van der Waals surface area contributed by atoms with Gasteiger partial charge in [0, 0.05) is 0 Å². The normalized spacial score (nSPS) is 1.76. The van der Waals surface area contributed by atoms with E-state index < -0.39 is 0 Å². The third-order valence-electron chi connectivity index (χ3n) is 0. The first-order valence-electron chi connectivity index (χ1n) is 1.93. The van der Waals surface area contributed by atoms with E-state index in [4.69, 9.17) is 28.8 Å². The second-order valence-electron chi connectivity index (χ2n) is 0. The molecule has 0 heterocycles. The van der Waals surface area contributed by atoms with Gasteiger partial charge in [-0.15, -0.1) is 0 Å². The molecule has 0 saturated heterocycles. The Bertz CT molecular complexity index is 39.0. The fraction of sp³-hybridized carbons (Fsp3) is 0.111. The molecule has 0 unspecified atom stereocenters. The molecule has 0 fully saturated rings. The molecule has 0 amide bonds. The molecule has 0 aliphatic heterocycles. The third-order valence-corrected chi connectivity index (χ3v) is 0. The summed E-state index contributed by atoms with van der Waals surface area (Å²) in [6.45, 7) is 32.0. The molecule has 0 aliphatic carbocycles. The minimum Gasteiger partial charge on any atom is -0.573 e. The fourth-order valence-corrected chi connectivity index (χ4v) is 0. The topological polar surface area (TPSA) is 102 Å². The molecule has 0 saturated carbocycles. The van der Waals surface area contributed by atoms with E-state index in [9.17, 15) is 0 Å². The van der Waals surface area contributed by atoms with Crippen molar-refractivity contribution in [1.29, 1.82) is 0 Å². The van der Waals surface area contributed by atoms with Crippen LogP contribution in [-0.2, 0) is 70.9 Å². The Kier molecular flexibility index (Phi) is 49000. The SMILES string of the molecule is [C-]=O.[C-]=O.[C-]=O.[C-]=O.[C-]=O.[C-]=O.[CH2-]C.[CH3-].[Mo+4].[Mo+4]. The predicted molar refractivity (Wildman–Crippen MR) is 51.6 cm³/mol. The van der Waals surface area contributed by atoms with Crippen LogP contribution in [0.15, 0.2) is 0 Å². The van der Waals surface area contributed by atoms with E-state index in [1.165, 1.54) is 0 Å². The summed E-state index contributed by atoms with van der Waals surface area (Å²) in [5.74, 6) is 0. The molecule has 0 atom stereocenters. The van der Waals surface area contributed by atoms with Crippen molar-refractivity contribution in [3.8, 4) is 0 Å². The van der Waals surface area contributed by atoms with Gasteiger partial charge in [0.1, 0.15) is 0 Å². The molecule has 6 radical (unpaired) electrons. The first-order chi connectivity index (χ1) is 7.00. The van der Waals surface area contributed by atoms with Crippen LogP contribution in [0.4, 0.5) is 0 Å². The van der Waals surface area contributed by atoms with Crippen LogP contribution in [0.1, 0.15) is 6.92 Å². The fourth-order valence-electron chi connectivity index (χ4n) is 0. The van der Waals surface area contributed by atoms with Gasteiger partial charge in [0.05, 0.1) is 0 Å². The third kappa shape index (κ3) is 7590. The van der Waals surface area contributed by atoms with Crippen molar-refractivity contribution in [3.05, 3.63) is 14.4 Å². The molecular weight excluding hydrogens is 396 g/mol. The van der Waals surface area contributed by atoms with Gasteiger partial charge in [-0.25, -0.2) is 0 Å². The maximum absolute atomic E-state index is 7.50. The number of carbonyl (C=O) groups excluding carboxylic acids is 6. The van der Waals surface area contributed by atoms with Crippen LogP contribution in [0.2, 0.25) is 0 Å². The predicted octanol–water partition coefficient (Wildman–Crippen LogP) is -1.10. The molecule has 8 heteroatoms. The van der Waals surface area contributed by atoms with Crippen LogP contribution >= 0.6 is 0 Å². The standard InChI is InChI=1S/C2H5.6CO.CH3.2Mo/c7*1-2;;;/h1H2,2H3;;;;;;;1H3;;/q8*-1;2*+4. The van der Waals surface area contributed by atoms with Crippen LogP contribution in [0.5, 0.6) is 0 Å². The van der Waals surface area contributed by atoms with Gasteiger partial charge in [-0.05, 0) is 0 Å². The van der Waals surface area contributed by atoms with Crippen molar-refractivity contribution in [1.82, 2.24) is 0 Å². The van der Waals surface area contributed by atoms with Crippen LogP contribution in [-0.4, -0.2) is 40.7 Å². The van der Waals surface area contributed by atoms with E-state index >= 15 is 0 Å². The van der Waals surface area contributed by atoms with E-state index in [0.717, 1.165) is 0 Å². The molecule has 0 N–H and O–H groups in total. The van der Waals surface area contributed by atoms with Crippen molar-refractivity contribution >= 4 is 40.7 Å². The van der Waals surface area contributed by atoms with Gasteiger partial charge in [0.15, 0.2) is 0 Å². The molecule has 0 spiro atoms. The van der Waals surface area contributed by atoms with E-state index in [-0.39, 0.29) is 49.6 Å². The van der Waals surface area contributed by atoms with Gasteiger partial charge in [-0.2, -0.15) is 6.92 Å². The minimum atomic E-state index is 0. The van der Waals surface area contributed by atoms with Crippen molar-refractivity contribution in [3.63, 3.8) is 0 Å². The summed E-state index contributed by atoms with van der Waals surface area (Å²) < 4.78 is 0. The molecule has 0 bridgehead atoms. The second kappa shape index (κ2) is 8770. The quantitative estimate of drug-likeness (QED) is 0.376. The van der Waals surface area contributed by atoms with E-state index in [1.807, 2.05) is 0 Å². The molecule has 0 aromatic carbocycles. The van der Waals surface area contributed by atoms with Gasteiger partial charge in [0.25, 0.3) is 0 Å². The maximum Gasteiger partial charge on any atom is 4.00 e. The Labute approximate surface area is 132 Å². The molecule has 0 rings (SSSR count). The largest absolute Gasteiger partial charge is 4.00 e. The summed E-state index contributed by atoms with van der Waals surface area (Å²) in [5, 5.41) is 0. The molecular formula is C9H8Mo2O6. The summed E-state index contributed by atoms with van der Waals surface area (Å²) in [6, 6.07) is 0. The van der Waals surface area contributed by atoms with Crippen molar-refractivity contribution < 1.29 is 70.9 Å². The smallest absolute Gasteiger partial charge is 0.573 e. The van der Waals surface area contributed by atoms with E-state index in [2.05, 4.69) is 47.7 Å². The van der Waals surface area contributed by atoms with Gasteiger partial charge in [-0.3, -0.25) is 0 Å². The minimum absolute atomic E-state index is 0. The van der Waals surface area contributed by atoms with Crippen molar-refractivity contribution in [2.75, 3.05) is 0 Å². The first kappa shape index (κ1) is 95.0. The molecule has 17 heavy (non-hydrogen) atoms. The molecule has 0 aliphatic rings. The summed E-state index contributed by atoms with van der Waals surface area (Å²) in [7, 11) is 0. The van der Waals surface area contributed by atoms with Gasteiger partial charge < -0.3 is 83.9 Å². The molecule has 0 aromatic rings. The van der Waals surface area contributed by atoms with Crippen molar-refractivity contribution in [2.24, 2.45) is 0 Å². The zero-order chi connectivity index (χ0) is 14.0. The van der Waals surface area contributed by atoms with Crippen LogP contribution in [0.25, 0.3) is 0 Å². The number of hydrogen-bond donors (Lipinski definition) is 0. The zero-order valence-corrected chi connectivity index (χ0v) is 13.0. The summed E-state index contributed by atoms with van der Waals surface area (Å²) >= 11 is 0. The van der Waals surface area contributed by atoms with Crippen LogP contribution < -0.4 is 0 Å². The van der Waals surface area contributed by atoms with Crippen LogP contribution in [0.3, 0.4) is 0 Å². The van der Waals surface area contributed by atoms with Crippen LogP contribution in [0, 0.1) is 14.4 Å². The van der Waals surface area contributed by atoms with E-state index in [0.29, 0.717) is 0 Å². The summed E-state index contributed by atoms with van der Waals surface area (Å²) in [6.07, 6.45) is 0. The van der Waals surface area contributed by atoms with Crippen molar-refractivity contribution in [2.45, 2.75) is 6.92 Å².